The lowest BCUT2D eigenvalue weighted by Crippen LogP contribution is -2.14. The second-order valence-electron chi connectivity index (χ2n) is 4.67. The molecule has 100 valence electrons. The van der Waals surface area contributed by atoms with Gasteiger partial charge in [0.2, 0.25) is 5.91 Å². The molecule has 4 nitrogen and oxygen atoms in total. The number of amides is 1. The molecular weight excluding hydrogens is 252 g/mol. The topological polar surface area (TPSA) is 65.1 Å². The van der Waals surface area contributed by atoms with E-state index in [4.69, 9.17) is 0 Å². The van der Waals surface area contributed by atoms with Crippen LogP contribution in [0.15, 0.2) is 54.7 Å². The molecule has 0 spiro atoms. The van der Waals surface area contributed by atoms with Crippen molar-refractivity contribution in [3.8, 4) is 5.75 Å². The molecule has 0 aliphatic rings. The first-order chi connectivity index (χ1) is 9.70. The van der Waals surface area contributed by atoms with Crippen LogP contribution in [0.1, 0.15) is 5.56 Å². The van der Waals surface area contributed by atoms with Gasteiger partial charge in [-0.05, 0) is 35.2 Å². The summed E-state index contributed by atoms with van der Waals surface area (Å²) in [6.07, 6.45) is 2.17. The number of aromatic hydroxyl groups is 1. The fraction of sp³-hybridized carbons (Fsp3) is 0.0625. The van der Waals surface area contributed by atoms with E-state index in [1.807, 2.05) is 30.5 Å². The van der Waals surface area contributed by atoms with Crippen molar-refractivity contribution >= 4 is 22.5 Å². The average Bonchev–Trinajstić information content (AvgIpc) is 2.86. The Kier molecular flexibility index (Phi) is 3.13. The van der Waals surface area contributed by atoms with Gasteiger partial charge in [-0.25, -0.2) is 0 Å². The lowest BCUT2D eigenvalue weighted by molar-refractivity contribution is -0.115. The predicted octanol–water partition coefficient (Wildman–Crippen LogP) is 3.05. The molecule has 0 aliphatic carbocycles. The summed E-state index contributed by atoms with van der Waals surface area (Å²) in [7, 11) is 0. The zero-order valence-electron chi connectivity index (χ0n) is 10.8. The van der Waals surface area contributed by atoms with Gasteiger partial charge in [0.1, 0.15) is 5.75 Å². The minimum atomic E-state index is -0.110. The lowest BCUT2D eigenvalue weighted by Gasteiger charge is -2.06. The van der Waals surface area contributed by atoms with Crippen molar-refractivity contribution in [1.82, 2.24) is 4.98 Å². The third-order valence-corrected chi connectivity index (χ3v) is 3.11. The Bertz CT molecular complexity index is 762. The Morgan fingerprint density at radius 3 is 2.90 bits per heavy atom. The van der Waals surface area contributed by atoms with Gasteiger partial charge < -0.3 is 15.4 Å². The highest BCUT2D eigenvalue weighted by Gasteiger charge is 2.05. The fourth-order valence-corrected chi connectivity index (χ4v) is 2.18. The summed E-state index contributed by atoms with van der Waals surface area (Å²) in [5.41, 5.74) is 2.56. The summed E-state index contributed by atoms with van der Waals surface area (Å²) in [6, 6.07) is 14.4. The number of carbonyl (C=O) groups excluding carboxylic acids is 1. The number of hydrogen-bond acceptors (Lipinski definition) is 2. The minimum Gasteiger partial charge on any atom is -0.508 e. The van der Waals surface area contributed by atoms with Crippen LogP contribution in [0, 0.1) is 0 Å². The van der Waals surface area contributed by atoms with Gasteiger partial charge in [-0.2, -0.15) is 0 Å². The molecule has 2 aromatic carbocycles. The number of phenolic OH excluding ortho intramolecular Hbond substituents is 1. The summed E-state index contributed by atoms with van der Waals surface area (Å²) in [5, 5.41) is 13.2. The predicted molar refractivity (Wildman–Crippen MR) is 78.7 cm³/mol. The van der Waals surface area contributed by atoms with E-state index in [-0.39, 0.29) is 11.7 Å². The molecule has 20 heavy (non-hydrogen) atoms. The molecule has 0 saturated heterocycles. The highest BCUT2D eigenvalue weighted by molar-refractivity contribution is 5.93. The maximum absolute atomic E-state index is 12.0. The molecule has 4 heteroatoms. The van der Waals surface area contributed by atoms with E-state index in [0.29, 0.717) is 12.1 Å². The maximum Gasteiger partial charge on any atom is 0.228 e. The van der Waals surface area contributed by atoms with Gasteiger partial charge in [0.25, 0.3) is 0 Å². The monoisotopic (exact) mass is 266 g/mol. The Morgan fingerprint density at radius 1 is 1.15 bits per heavy atom. The average molecular weight is 266 g/mol. The Labute approximate surface area is 116 Å². The molecule has 3 aromatic rings. The maximum atomic E-state index is 12.0. The van der Waals surface area contributed by atoms with Crippen molar-refractivity contribution in [3.05, 3.63) is 60.3 Å². The van der Waals surface area contributed by atoms with Gasteiger partial charge in [0, 0.05) is 23.5 Å². The van der Waals surface area contributed by atoms with E-state index < -0.39 is 0 Å². The first-order valence-corrected chi connectivity index (χ1v) is 6.35. The van der Waals surface area contributed by atoms with E-state index in [2.05, 4.69) is 10.3 Å². The number of carbonyl (C=O) groups is 1. The van der Waals surface area contributed by atoms with Crippen LogP contribution in [0.25, 0.3) is 10.9 Å². The Morgan fingerprint density at radius 2 is 2.05 bits per heavy atom. The standard InChI is InChI=1S/C16H14N2O2/c19-14-3-1-2-13(10-14)18-16(20)9-11-4-5-12-6-7-17-15(12)8-11/h1-8,10,17,19H,9H2,(H,18,20). The zero-order valence-corrected chi connectivity index (χ0v) is 10.8. The molecule has 0 unspecified atom stereocenters. The molecule has 0 atom stereocenters. The Balaban J connectivity index is 1.72. The van der Waals surface area contributed by atoms with Gasteiger partial charge in [-0.15, -0.1) is 0 Å². The number of phenols is 1. The molecule has 0 bridgehead atoms. The molecule has 0 radical (unpaired) electrons. The molecule has 0 saturated carbocycles. The quantitative estimate of drug-likeness (QED) is 0.682. The summed E-state index contributed by atoms with van der Waals surface area (Å²) in [5.74, 6) is 0.0251. The molecule has 1 aromatic heterocycles. The van der Waals surface area contributed by atoms with Crippen LogP contribution in [0.5, 0.6) is 5.75 Å². The van der Waals surface area contributed by atoms with E-state index in [0.717, 1.165) is 16.5 Å². The van der Waals surface area contributed by atoms with Gasteiger partial charge in [0.15, 0.2) is 0 Å². The van der Waals surface area contributed by atoms with E-state index >= 15 is 0 Å². The molecule has 1 amide bonds. The smallest absolute Gasteiger partial charge is 0.228 e. The van der Waals surface area contributed by atoms with Gasteiger partial charge in [-0.1, -0.05) is 18.2 Å². The number of H-pyrrole nitrogens is 1. The fourth-order valence-electron chi connectivity index (χ4n) is 2.18. The molecule has 1 heterocycles. The number of aromatic amines is 1. The number of rotatable bonds is 3. The largest absolute Gasteiger partial charge is 0.508 e. The second kappa shape index (κ2) is 5.09. The van der Waals surface area contributed by atoms with Crippen LogP contribution in [0.3, 0.4) is 0 Å². The van der Waals surface area contributed by atoms with E-state index in [1.165, 1.54) is 6.07 Å². The number of fused-ring (bicyclic) bond motifs is 1. The van der Waals surface area contributed by atoms with Crippen LogP contribution in [-0.4, -0.2) is 16.0 Å². The number of benzene rings is 2. The van der Waals surface area contributed by atoms with Crippen molar-refractivity contribution in [2.75, 3.05) is 5.32 Å². The number of anilines is 1. The van der Waals surface area contributed by atoms with Crippen molar-refractivity contribution in [1.29, 1.82) is 0 Å². The normalized spacial score (nSPS) is 10.6. The summed E-state index contributed by atoms with van der Waals surface area (Å²) < 4.78 is 0. The summed E-state index contributed by atoms with van der Waals surface area (Å²) in [6.45, 7) is 0. The van der Waals surface area contributed by atoms with Crippen LogP contribution < -0.4 is 5.32 Å². The van der Waals surface area contributed by atoms with Crippen LogP contribution in [0.4, 0.5) is 5.69 Å². The number of nitrogens with one attached hydrogen (secondary N) is 2. The summed E-state index contributed by atoms with van der Waals surface area (Å²) >= 11 is 0. The van der Waals surface area contributed by atoms with Crippen LogP contribution in [-0.2, 0) is 11.2 Å². The summed E-state index contributed by atoms with van der Waals surface area (Å²) in [4.78, 5) is 15.1. The van der Waals surface area contributed by atoms with Gasteiger partial charge in [-0.3, -0.25) is 4.79 Å². The highest BCUT2D eigenvalue weighted by atomic mass is 16.3. The van der Waals surface area contributed by atoms with Crippen LogP contribution in [0.2, 0.25) is 0 Å². The third kappa shape index (κ3) is 2.64. The van der Waals surface area contributed by atoms with Crippen LogP contribution >= 0.6 is 0 Å². The second-order valence-corrected chi connectivity index (χ2v) is 4.67. The van der Waals surface area contributed by atoms with Crippen molar-refractivity contribution < 1.29 is 9.90 Å². The third-order valence-electron chi connectivity index (χ3n) is 3.11. The SMILES string of the molecule is O=C(Cc1ccc2cc[nH]c2c1)Nc1cccc(O)c1. The molecule has 0 fully saturated rings. The molecule has 0 aliphatic heterocycles. The Hall–Kier alpha value is -2.75. The molecular formula is C16H14N2O2. The van der Waals surface area contributed by atoms with Crippen molar-refractivity contribution in [2.45, 2.75) is 6.42 Å². The van der Waals surface area contributed by atoms with Crippen molar-refractivity contribution in [3.63, 3.8) is 0 Å². The minimum absolute atomic E-state index is 0.110. The van der Waals surface area contributed by atoms with Gasteiger partial charge in [0.05, 0.1) is 6.42 Å². The zero-order chi connectivity index (χ0) is 13.9. The number of aromatic nitrogens is 1. The first-order valence-electron chi connectivity index (χ1n) is 6.35. The van der Waals surface area contributed by atoms with Gasteiger partial charge >= 0.3 is 0 Å². The van der Waals surface area contributed by atoms with E-state index in [9.17, 15) is 9.90 Å². The molecule has 3 rings (SSSR count). The first kappa shape index (κ1) is 12.3. The lowest BCUT2D eigenvalue weighted by atomic mass is 10.1. The highest BCUT2D eigenvalue weighted by Crippen LogP contribution is 2.17. The molecule has 3 N–H and O–H groups in total. The van der Waals surface area contributed by atoms with Crippen molar-refractivity contribution in [2.24, 2.45) is 0 Å². The number of hydrogen-bond donors (Lipinski definition) is 3. The van der Waals surface area contributed by atoms with E-state index in [1.54, 1.807) is 18.2 Å².